The first-order chi connectivity index (χ1) is 7.26. The number of nitrogens with one attached hydrogen (secondary N) is 1. The molecule has 0 aromatic carbocycles. The lowest BCUT2D eigenvalue weighted by Crippen LogP contribution is -2.42. The lowest BCUT2D eigenvalue weighted by Gasteiger charge is -2.14. The summed E-state index contributed by atoms with van der Waals surface area (Å²) in [5.41, 5.74) is 5.18. The lowest BCUT2D eigenvalue weighted by atomic mass is 10.1. The van der Waals surface area contributed by atoms with Crippen LogP contribution in [0.4, 0.5) is 0 Å². The minimum absolute atomic E-state index is 0.124. The van der Waals surface area contributed by atoms with E-state index in [1.807, 2.05) is 5.32 Å². The van der Waals surface area contributed by atoms with Gasteiger partial charge in [0.15, 0.2) is 0 Å². The van der Waals surface area contributed by atoms with Crippen LogP contribution in [0.3, 0.4) is 0 Å². The fraction of sp³-hybridized carbons (Fsp3) is 0.714. The number of aliphatic carboxylic acids is 1. The molecule has 0 saturated heterocycles. The highest BCUT2D eigenvalue weighted by molar-refractivity contribution is 7.52. The molecule has 6 N–H and O–H groups in total. The Bertz CT molecular complexity index is 301. The number of nitrogens with two attached hydrogens (primary N) is 1. The second-order valence-electron chi connectivity index (χ2n) is 3.21. The van der Waals surface area contributed by atoms with E-state index >= 15 is 0 Å². The van der Waals surface area contributed by atoms with Crippen molar-refractivity contribution in [2.45, 2.75) is 18.9 Å². The molecule has 1 atom stereocenters. The first-order valence-corrected chi connectivity index (χ1v) is 6.33. The maximum absolute atomic E-state index is 11.0. The molecule has 0 heterocycles. The van der Waals surface area contributed by atoms with Gasteiger partial charge in [-0.2, -0.15) is 0 Å². The molecule has 0 saturated carbocycles. The van der Waals surface area contributed by atoms with Gasteiger partial charge in [0.1, 0.15) is 12.2 Å². The van der Waals surface area contributed by atoms with E-state index in [1.165, 1.54) is 0 Å². The molecule has 0 rings (SSSR count). The minimum Gasteiger partial charge on any atom is -0.480 e. The highest BCUT2D eigenvalue weighted by atomic mass is 31.2. The lowest BCUT2D eigenvalue weighted by molar-refractivity contribution is -0.141. The smallest absolute Gasteiger partial charge is 0.334 e. The Morgan fingerprint density at radius 3 is 2.31 bits per heavy atom. The summed E-state index contributed by atoms with van der Waals surface area (Å²) < 4.78 is 10.5. The molecule has 0 aromatic rings. The highest BCUT2D eigenvalue weighted by Gasteiger charge is 2.24. The molecule has 0 aliphatic carbocycles. The second kappa shape index (κ2) is 6.59. The molecule has 1 amide bonds. The van der Waals surface area contributed by atoms with Gasteiger partial charge in [0.2, 0.25) is 5.91 Å². The molecule has 0 aliphatic heterocycles. The van der Waals surface area contributed by atoms with Gasteiger partial charge in [-0.1, -0.05) is 0 Å². The maximum atomic E-state index is 11.0. The van der Waals surface area contributed by atoms with E-state index in [2.05, 4.69) is 0 Å². The first-order valence-electron chi connectivity index (χ1n) is 4.53. The largest absolute Gasteiger partial charge is 0.480 e. The zero-order chi connectivity index (χ0) is 12.8. The SMILES string of the molecule is NCCC[C@H](NC(=O)CP(=O)(O)O)C(=O)O. The van der Waals surface area contributed by atoms with Crippen LogP contribution in [0.25, 0.3) is 0 Å². The van der Waals surface area contributed by atoms with Crippen LogP contribution in [0.15, 0.2) is 0 Å². The number of hydrogen-bond donors (Lipinski definition) is 5. The Kier molecular flexibility index (Phi) is 6.20. The minimum atomic E-state index is -4.46. The molecule has 9 heteroatoms. The van der Waals surface area contributed by atoms with Crippen LogP contribution >= 0.6 is 7.60 Å². The quantitative estimate of drug-likeness (QED) is 0.346. The molecular weight excluding hydrogens is 239 g/mol. The van der Waals surface area contributed by atoms with E-state index in [4.69, 9.17) is 20.6 Å². The molecule has 0 aromatic heterocycles. The van der Waals surface area contributed by atoms with Gasteiger partial charge in [0.05, 0.1) is 0 Å². The van der Waals surface area contributed by atoms with Crippen LogP contribution in [-0.4, -0.2) is 45.5 Å². The monoisotopic (exact) mass is 254 g/mol. The zero-order valence-electron chi connectivity index (χ0n) is 8.50. The van der Waals surface area contributed by atoms with Crippen molar-refractivity contribution >= 4 is 19.5 Å². The number of carboxylic acid groups (broad SMARTS) is 1. The van der Waals surface area contributed by atoms with Gasteiger partial charge in [0.25, 0.3) is 0 Å². The highest BCUT2D eigenvalue weighted by Crippen LogP contribution is 2.33. The summed E-state index contributed by atoms with van der Waals surface area (Å²) in [4.78, 5) is 38.7. The van der Waals surface area contributed by atoms with Crippen LogP contribution in [0.2, 0.25) is 0 Å². The van der Waals surface area contributed by atoms with Crippen molar-refractivity contribution in [1.29, 1.82) is 0 Å². The van der Waals surface area contributed by atoms with E-state index < -0.39 is 31.7 Å². The summed E-state index contributed by atoms with van der Waals surface area (Å²) >= 11 is 0. The van der Waals surface area contributed by atoms with E-state index in [0.717, 1.165) is 0 Å². The first kappa shape index (κ1) is 15.0. The summed E-state index contributed by atoms with van der Waals surface area (Å²) in [7, 11) is -4.46. The maximum Gasteiger partial charge on any atom is 0.334 e. The topological polar surface area (TPSA) is 150 Å². The molecule has 8 nitrogen and oxygen atoms in total. The predicted octanol–water partition coefficient (Wildman–Crippen LogP) is -1.53. The van der Waals surface area contributed by atoms with E-state index in [0.29, 0.717) is 6.42 Å². The molecule has 0 aliphatic rings. The number of rotatable bonds is 7. The molecule has 0 unspecified atom stereocenters. The summed E-state index contributed by atoms with van der Waals surface area (Å²) in [6.45, 7) is 0.276. The van der Waals surface area contributed by atoms with Gasteiger partial charge in [0, 0.05) is 0 Å². The summed E-state index contributed by atoms with van der Waals surface area (Å²) in [6, 6.07) is -1.16. The van der Waals surface area contributed by atoms with E-state index in [-0.39, 0.29) is 13.0 Å². The zero-order valence-corrected chi connectivity index (χ0v) is 9.39. The average molecular weight is 254 g/mol. The van der Waals surface area contributed by atoms with Crippen molar-refractivity contribution in [3.8, 4) is 0 Å². The van der Waals surface area contributed by atoms with Crippen LogP contribution < -0.4 is 11.1 Å². The van der Waals surface area contributed by atoms with Crippen molar-refractivity contribution in [1.82, 2.24) is 5.32 Å². The summed E-state index contributed by atoms with van der Waals surface area (Å²) in [5.74, 6) is -2.25. The Morgan fingerprint density at radius 2 is 1.94 bits per heavy atom. The number of amides is 1. The standard InChI is InChI=1S/C7H15N2O6P/c8-3-1-2-5(7(11)12)9-6(10)4-16(13,14)15/h5H,1-4,8H2,(H,9,10)(H,11,12)(H2,13,14,15)/t5-/m0/s1. The third-order valence-electron chi connectivity index (χ3n) is 1.68. The van der Waals surface area contributed by atoms with E-state index in [9.17, 15) is 14.2 Å². The van der Waals surface area contributed by atoms with Crippen molar-refractivity contribution in [3.63, 3.8) is 0 Å². The summed E-state index contributed by atoms with van der Waals surface area (Å²) in [5, 5.41) is 10.7. The number of carbonyl (C=O) groups is 2. The summed E-state index contributed by atoms with van der Waals surface area (Å²) in [6.07, 6.45) is -0.495. The van der Waals surface area contributed by atoms with Gasteiger partial charge < -0.3 is 25.9 Å². The van der Waals surface area contributed by atoms with Gasteiger partial charge in [-0.15, -0.1) is 0 Å². The Hall–Kier alpha value is -0.950. The Morgan fingerprint density at radius 1 is 1.38 bits per heavy atom. The molecular formula is C7H15N2O6P. The van der Waals surface area contributed by atoms with Crippen molar-refractivity contribution in [2.75, 3.05) is 12.7 Å². The van der Waals surface area contributed by atoms with Crippen LogP contribution in [-0.2, 0) is 14.2 Å². The second-order valence-corrected chi connectivity index (χ2v) is 4.86. The van der Waals surface area contributed by atoms with Crippen LogP contribution in [0, 0.1) is 0 Å². The van der Waals surface area contributed by atoms with Crippen LogP contribution in [0.5, 0.6) is 0 Å². The van der Waals surface area contributed by atoms with Crippen LogP contribution in [0.1, 0.15) is 12.8 Å². The predicted molar refractivity (Wildman–Crippen MR) is 54.8 cm³/mol. The molecule has 0 radical (unpaired) electrons. The third kappa shape index (κ3) is 7.36. The van der Waals surface area contributed by atoms with Gasteiger partial charge in [-0.3, -0.25) is 9.36 Å². The van der Waals surface area contributed by atoms with Gasteiger partial charge >= 0.3 is 13.6 Å². The fourth-order valence-electron chi connectivity index (χ4n) is 1.01. The molecule has 0 fully saturated rings. The number of carbonyl (C=O) groups excluding carboxylic acids is 1. The average Bonchev–Trinajstić information content (AvgIpc) is 2.08. The number of carboxylic acids is 1. The molecule has 16 heavy (non-hydrogen) atoms. The Balaban J connectivity index is 4.24. The Labute approximate surface area is 92.0 Å². The van der Waals surface area contributed by atoms with Gasteiger partial charge in [-0.25, -0.2) is 4.79 Å². The molecule has 0 bridgehead atoms. The molecule has 94 valence electrons. The van der Waals surface area contributed by atoms with E-state index in [1.54, 1.807) is 0 Å². The van der Waals surface area contributed by atoms with Crippen molar-refractivity contribution in [3.05, 3.63) is 0 Å². The molecule has 0 spiro atoms. The number of hydrogen-bond acceptors (Lipinski definition) is 4. The fourth-order valence-corrected chi connectivity index (χ4v) is 1.47. The van der Waals surface area contributed by atoms with Crippen molar-refractivity contribution in [2.24, 2.45) is 5.73 Å². The normalized spacial score (nSPS) is 13.2. The third-order valence-corrected chi connectivity index (χ3v) is 2.38. The van der Waals surface area contributed by atoms with Crippen molar-refractivity contribution < 1.29 is 29.0 Å². The van der Waals surface area contributed by atoms with Gasteiger partial charge in [-0.05, 0) is 19.4 Å².